The van der Waals surface area contributed by atoms with Gasteiger partial charge in [0.15, 0.2) is 11.0 Å². The fourth-order valence-electron chi connectivity index (χ4n) is 1.67. The van der Waals surface area contributed by atoms with E-state index in [0.29, 0.717) is 11.1 Å². The predicted molar refractivity (Wildman–Crippen MR) is 69.2 cm³/mol. The van der Waals surface area contributed by atoms with Gasteiger partial charge in [0.25, 0.3) is 0 Å². The Balaban J connectivity index is 3.06. The Labute approximate surface area is 103 Å². The maximum Gasteiger partial charge on any atom is 0.155 e. The second-order valence-corrected chi connectivity index (χ2v) is 4.85. The highest BCUT2D eigenvalue weighted by molar-refractivity contribution is 6.30. The highest BCUT2D eigenvalue weighted by atomic mass is 35.5. The molecule has 1 heterocycles. The lowest BCUT2D eigenvalue weighted by Gasteiger charge is -2.25. The van der Waals surface area contributed by atoms with Crippen LogP contribution in [0.15, 0.2) is 0 Å². The third-order valence-corrected chi connectivity index (χ3v) is 3.07. The Morgan fingerprint density at radius 3 is 2.31 bits per heavy atom. The van der Waals surface area contributed by atoms with Gasteiger partial charge in [0.05, 0.1) is 0 Å². The largest absolute Gasteiger partial charge is 0.355 e. The van der Waals surface area contributed by atoms with E-state index in [1.165, 1.54) is 0 Å². The molecule has 0 spiro atoms. The first-order valence-electron chi connectivity index (χ1n) is 5.71. The van der Waals surface area contributed by atoms with Crippen LogP contribution >= 0.6 is 11.6 Å². The van der Waals surface area contributed by atoms with Crippen molar-refractivity contribution in [3.8, 4) is 0 Å². The van der Waals surface area contributed by atoms with E-state index in [1.807, 2.05) is 13.8 Å². The van der Waals surface area contributed by atoms with Crippen LogP contribution in [-0.2, 0) is 0 Å². The van der Waals surface area contributed by atoms with Gasteiger partial charge in [-0.1, -0.05) is 25.4 Å². The van der Waals surface area contributed by atoms with E-state index in [1.54, 1.807) is 0 Å². The van der Waals surface area contributed by atoms with Crippen molar-refractivity contribution in [2.45, 2.75) is 34.6 Å². The molecule has 0 saturated carbocycles. The molecule has 90 valence electrons. The van der Waals surface area contributed by atoms with Gasteiger partial charge in [-0.2, -0.15) is 0 Å². The molecule has 0 aliphatic heterocycles. The van der Waals surface area contributed by atoms with E-state index in [4.69, 9.17) is 11.6 Å². The van der Waals surface area contributed by atoms with Crippen molar-refractivity contribution < 1.29 is 0 Å². The van der Waals surface area contributed by atoms with Gasteiger partial charge in [-0.3, -0.25) is 0 Å². The molecule has 0 N–H and O–H groups in total. The van der Waals surface area contributed by atoms with E-state index >= 15 is 0 Å². The SMILES string of the molecule is CCN(CC(C)C)c1nnc(Cl)c(C)c1C. The summed E-state index contributed by atoms with van der Waals surface area (Å²) in [4.78, 5) is 2.25. The molecule has 0 atom stereocenters. The molecule has 0 unspecified atom stereocenters. The number of hydrogen-bond donors (Lipinski definition) is 0. The average Bonchev–Trinajstić information content (AvgIpc) is 2.23. The summed E-state index contributed by atoms with van der Waals surface area (Å²) in [5.41, 5.74) is 2.15. The minimum Gasteiger partial charge on any atom is -0.355 e. The summed E-state index contributed by atoms with van der Waals surface area (Å²) in [6.07, 6.45) is 0. The van der Waals surface area contributed by atoms with Crippen LogP contribution in [0.3, 0.4) is 0 Å². The number of nitrogens with zero attached hydrogens (tertiary/aromatic N) is 3. The molecule has 0 fully saturated rings. The Hall–Kier alpha value is -0.830. The van der Waals surface area contributed by atoms with Crippen LogP contribution in [0.5, 0.6) is 0 Å². The van der Waals surface area contributed by atoms with Gasteiger partial charge in [-0.25, -0.2) is 0 Å². The standard InChI is InChI=1S/C12H20ClN3/c1-6-16(7-8(2)3)12-10(5)9(4)11(13)14-15-12/h8H,6-7H2,1-5H3. The van der Waals surface area contributed by atoms with Gasteiger partial charge in [0, 0.05) is 13.1 Å². The Morgan fingerprint density at radius 2 is 1.81 bits per heavy atom. The Bertz CT molecular complexity index is 364. The number of halogens is 1. The van der Waals surface area contributed by atoms with Crippen molar-refractivity contribution in [2.24, 2.45) is 5.92 Å². The lowest BCUT2D eigenvalue weighted by Crippen LogP contribution is -2.29. The average molecular weight is 242 g/mol. The smallest absolute Gasteiger partial charge is 0.155 e. The molecular weight excluding hydrogens is 222 g/mol. The maximum atomic E-state index is 5.95. The molecule has 3 nitrogen and oxygen atoms in total. The Kier molecular flexibility index (Phi) is 4.54. The van der Waals surface area contributed by atoms with Crippen molar-refractivity contribution in [1.29, 1.82) is 0 Å². The number of hydrogen-bond acceptors (Lipinski definition) is 3. The molecule has 0 bridgehead atoms. The minimum atomic E-state index is 0.502. The van der Waals surface area contributed by atoms with Crippen LogP contribution in [0.4, 0.5) is 5.82 Å². The first-order chi connectivity index (χ1) is 7.47. The lowest BCUT2D eigenvalue weighted by molar-refractivity contribution is 0.610. The van der Waals surface area contributed by atoms with Crippen molar-refractivity contribution in [1.82, 2.24) is 10.2 Å². The molecule has 16 heavy (non-hydrogen) atoms. The second kappa shape index (κ2) is 5.48. The maximum absolute atomic E-state index is 5.95. The highest BCUT2D eigenvalue weighted by Crippen LogP contribution is 2.24. The predicted octanol–water partition coefficient (Wildman–Crippen LogP) is 3.23. The fourth-order valence-corrected chi connectivity index (χ4v) is 1.85. The summed E-state index contributed by atoms with van der Waals surface area (Å²) >= 11 is 5.95. The van der Waals surface area contributed by atoms with Crippen LogP contribution < -0.4 is 4.90 Å². The van der Waals surface area contributed by atoms with Gasteiger partial charge >= 0.3 is 0 Å². The van der Waals surface area contributed by atoms with Crippen LogP contribution in [0.25, 0.3) is 0 Å². The zero-order chi connectivity index (χ0) is 12.3. The summed E-state index contributed by atoms with van der Waals surface area (Å²) in [6, 6.07) is 0. The summed E-state index contributed by atoms with van der Waals surface area (Å²) in [5.74, 6) is 1.57. The Morgan fingerprint density at radius 1 is 1.19 bits per heavy atom. The van der Waals surface area contributed by atoms with Crippen LogP contribution in [0.1, 0.15) is 31.9 Å². The quantitative estimate of drug-likeness (QED) is 0.811. The van der Waals surface area contributed by atoms with Crippen molar-refractivity contribution in [3.05, 3.63) is 16.3 Å². The van der Waals surface area contributed by atoms with Crippen LogP contribution in [0, 0.1) is 19.8 Å². The van der Waals surface area contributed by atoms with E-state index in [9.17, 15) is 0 Å². The number of aromatic nitrogens is 2. The first kappa shape index (κ1) is 13.2. The topological polar surface area (TPSA) is 29.0 Å². The van der Waals surface area contributed by atoms with Crippen molar-refractivity contribution in [2.75, 3.05) is 18.0 Å². The van der Waals surface area contributed by atoms with Gasteiger partial charge in [-0.05, 0) is 37.8 Å². The van der Waals surface area contributed by atoms with E-state index < -0.39 is 0 Å². The summed E-state index contributed by atoms with van der Waals surface area (Å²) in [6.45, 7) is 12.5. The van der Waals surface area contributed by atoms with Crippen molar-refractivity contribution >= 4 is 17.4 Å². The third-order valence-electron chi connectivity index (χ3n) is 2.71. The molecule has 0 saturated heterocycles. The molecule has 0 radical (unpaired) electrons. The molecule has 1 rings (SSSR count). The number of rotatable bonds is 4. The third kappa shape index (κ3) is 2.85. The summed E-state index contributed by atoms with van der Waals surface area (Å²) in [5, 5.41) is 8.70. The van der Waals surface area contributed by atoms with Gasteiger partial charge in [0.1, 0.15) is 0 Å². The molecule has 0 amide bonds. The highest BCUT2D eigenvalue weighted by Gasteiger charge is 2.14. The molecule has 1 aromatic heterocycles. The molecule has 0 aromatic carbocycles. The fraction of sp³-hybridized carbons (Fsp3) is 0.667. The van der Waals surface area contributed by atoms with Crippen molar-refractivity contribution in [3.63, 3.8) is 0 Å². The zero-order valence-electron chi connectivity index (χ0n) is 10.7. The monoisotopic (exact) mass is 241 g/mol. The number of anilines is 1. The molecule has 0 aliphatic carbocycles. The van der Waals surface area contributed by atoms with E-state index in [-0.39, 0.29) is 0 Å². The minimum absolute atomic E-state index is 0.502. The normalized spacial score (nSPS) is 10.9. The summed E-state index contributed by atoms with van der Waals surface area (Å²) in [7, 11) is 0. The molecular formula is C12H20ClN3. The van der Waals surface area contributed by atoms with Gasteiger partial charge < -0.3 is 4.90 Å². The summed E-state index contributed by atoms with van der Waals surface area (Å²) < 4.78 is 0. The first-order valence-corrected chi connectivity index (χ1v) is 6.09. The molecule has 4 heteroatoms. The zero-order valence-corrected chi connectivity index (χ0v) is 11.5. The van der Waals surface area contributed by atoms with E-state index in [0.717, 1.165) is 30.0 Å². The van der Waals surface area contributed by atoms with Gasteiger partial charge in [0.2, 0.25) is 0 Å². The van der Waals surface area contributed by atoms with Gasteiger partial charge in [-0.15, -0.1) is 10.2 Å². The second-order valence-electron chi connectivity index (χ2n) is 4.50. The molecule has 0 aliphatic rings. The van der Waals surface area contributed by atoms with Crippen LogP contribution in [0.2, 0.25) is 5.15 Å². The molecule has 1 aromatic rings. The lowest BCUT2D eigenvalue weighted by atomic mass is 10.1. The van der Waals surface area contributed by atoms with E-state index in [2.05, 4.69) is 35.9 Å². The van der Waals surface area contributed by atoms with Crippen LogP contribution in [-0.4, -0.2) is 23.3 Å².